The monoisotopic (exact) mass is 1350 g/mol. The smallest absolute Gasteiger partial charge is 0.168 e. The van der Waals surface area contributed by atoms with Gasteiger partial charge in [0.25, 0.3) is 0 Å². The summed E-state index contributed by atoms with van der Waals surface area (Å²) in [7, 11) is 0. The first-order chi connectivity index (χ1) is 50.5. The SMILES string of the molecule is CC(C)(c1ccccc1)c1ccc(Oc2cccc3c2-c2nc-3nc3[nH]c(nc4nc(nc5[nH]c(n2)c2cccc(Oc6ccc(C(C)(C)c7ccccc7)cc6)c52)-c2c(Oc5ccc(C(C)(C)c6ccccc6)cc5)cccc2-4)c2c(Oc4ccc(C(C)(C)c5ccccc5)cc4)cccc32)cc1. The number of ether oxygens (including phenoxy) is 4. The Morgan fingerprint density at radius 2 is 0.471 bits per heavy atom. The van der Waals surface area contributed by atoms with Crippen LogP contribution in [0.3, 0.4) is 0 Å². The summed E-state index contributed by atoms with van der Waals surface area (Å²) in [6.07, 6.45) is 0. The maximum atomic E-state index is 7.04. The molecular weight excluding hydrogens is 1280 g/mol. The molecule has 12 heteroatoms. The molecule has 12 nitrogen and oxygen atoms in total. The van der Waals surface area contributed by atoms with E-state index in [0.29, 0.717) is 125 Å². The van der Waals surface area contributed by atoms with E-state index in [1.54, 1.807) is 0 Å². The van der Waals surface area contributed by atoms with Crippen molar-refractivity contribution in [2.75, 3.05) is 0 Å². The standard InChI is InChI=1S/C92H74N8O4/c1-89(2,57-25-13-9-14-26-57)61-41-49-65(50-42-61)101-73-37-21-33-69-77(73)85-94-81(69)93-82-70-34-22-38-74(102-66-51-43-62(44-52-66)90(3,4)58-27-15-10-16-28-58)78(70)86(95-82)97-84-72-36-24-40-76(104-68-55-47-64(48-56-68)92(7,8)60-31-19-12-20-32-60)80(72)88(99-84)100-87-79-71(83(96-85)98-87)35-23-39-75(79)103-67-53-45-63(46-54-67)91(5,6)59-29-17-11-18-30-59/h9-56H,1-8H3,(H2,93,94,95,96,97,98,99,100). The van der Waals surface area contributed by atoms with Crippen LogP contribution in [0.4, 0.5) is 0 Å². The number of aromatic amines is 2. The average molecular weight is 1360 g/mol. The number of rotatable bonds is 16. The average Bonchev–Trinajstić information content (AvgIpc) is 1.58. The van der Waals surface area contributed by atoms with Gasteiger partial charge in [0, 0.05) is 43.6 Å². The largest absolute Gasteiger partial charge is 0.457 e. The fourth-order valence-electron chi connectivity index (χ4n) is 14.6. The molecule has 506 valence electrons. The van der Waals surface area contributed by atoms with Crippen molar-refractivity contribution in [3.05, 3.63) is 336 Å². The van der Waals surface area contributed by atoms with Crippen LogP contribution in [0.15, 0.2) is 291 Å². The highest BCUT2D eigenvalue weighted by Gasteiger charge is 2.31. The van der Waals surface area contributed by atoms with Gasteiger partial charge in [0.2, 0.25) is 0 Å². The van der Waals surface area contributed by atoms with Crippen LogP contribution in [0.25, 0.3) is 89.7 Å². The first kappa shape index (κ1) is 64.6. The summed E-state index contributed by atoms with van der Waals surface area (Å²) in [6, 6.07) is 99.1. The molecule has 0 amide bonds. The number of hydrogen-bond acceptors (Lipinski definition) is 10. The summed E-state index contributed by atoms with van der Waals surface area (Å²) >= 11 is 0. The van der Waals surface area contributed by atoms with Gasteiger partial charge in [-0.1, -0.05) is 274 Å². The predicted octanol–water partition coefficient (Wildman–Crippen LogP) is 23.3. The number of fused-ring (bicyclic) bond motifs is 20. The van der Waals surface area contributed by atoms with Crippen LogP contribution in [-0.4, -0.2) is 39.9 Å². The third kappa shape index (κ3) is 11.7. The topological polar surface area (TPSA) is 146 Å². The molecule has 0 unspecified atom stereocenters. The van der Waals surface area contributed by atoms with E-state index in [-0.39, 0.29) is 21.7 Å². The minimum atomic E-state index is -0.269. The highest BCUT2D eigenvalue weighted by atomic mass is 16.5. The highest BCUT2D eigenvalue weighted by Crippen LogP contribution is 2.48. The van der Waals surface area contributed by atoms with Crippen LogP contribution in [0, 0.1) is 0 Å². The van der Waals surface area contributed by atoms with Crippen LogP contribution < -0.4 is 18.9 Å². The zero-order valence-corrected chi connectivity index (χ0v) is 59.0. The van der Waals surface area contributed by atoms with E-state index in [2.05, 4.69) is 211 Å². The van der Waals surface area contributed by atoms with E-state index < -0.39 is 0 Å². The van der Waals surface area contributed by atoms with Gasteiger partial charge in [-0.2, -0.15) is 0 Å². The van der Waals surface area contributed by atoms with Gasteiger partial charge >= 0.3 is 0 Å². The molecule has 0 aliphatic carbocycles. The van der Waals surface area contributed by atoms with E-state index in [1.807, 2.05) is 146 Å². The van der Waals surface area contributed by atoms with Gasteiger partial charge in [0.1, 0.15) is 68.6 Å². The summed E-state index contributed by atoms with van der Waals surface area (Å²) in [5.41, 5.74) is 12.9. The van der Waals surface area contributed by atoms with Crippen LogP contribution in [-0.2, 0) is 21.7 Å². The number of aromatic nitrogens is 8. The molecule has 17 rings (SSSR count). The van der Waals surface area contributed by atoms with Crippen molar-refractivity contribution in [3.8, 4) is 91.5 Å². The molecule has 0 spiro atoms. The van der Waals surface area contributed by atoms with Crippen LogP contribution in [0.5, 0.6) is 46.0 Å². The lowest BCUT2D eigenvalue weighted by Crippen LogP contribution is -2.18. The second kappa shape index (κ2) is 25.7. The molecule has 2 aliphatic rings. The molecule has 8 bridgehead atoms. The minimum Gasteiger partial charge on any atom is -0.457 e. The Bertz CT molecular complexity index is 5940. The first-order valence-electron chi connectivity index (χ1n) is 35.2. The normalized spacial score (nSPS) is 12.2. The molecule has 0 fully saturated rings. The van der Waals surface area contributed by atoms with Crippen molar-refractivity contribution >= 4 is 44.1 Å². The number of benzene rings is 12. The minimum absolute atomic E-state index is 0.261. The Hall–Kier alpha value is -12.8. The number of H-pyrrole nitrogens is 2. The Morgan fingerprint density at radius 3 is 0.788 bits per heavy atom. The fourth-order valence-corrected chi connectivity index (χ4v) is 14.6. The van der Waals surface area contributed by atoms with Gasteiger partial charge in [-0.3, -0.25) is 0 Å². The molecule has 12 aromatic carbocycles. The van der Waals surface area contributed by atoms with Gasteiger partial charge < -0.3 is 28.9 Å². The van der Waals surface area contributed by atoms with E-state index in [0.717, 1.165) is 33.0 Å². The van der Waals surface area contributed by atoms with Crippen molar-refractivity contribution in [2.24, 2.45) is 0 Å². The summed E-state index contributed by atoms with van der Waals surface area (Å²) in [5, 5.41) is 2.78. The molecule has 0 saturated heterocycles. The highest BCUT2D eigenvalue weighted by molar-refractivity contribution is 6.10. The summed E-state index contributed by atoms with van der Waals surface area (Å²) in [6.45, 7) is 17.9. The van der Waals surface area contributed by atoms with Crippen LogP contribution in [0.2, 0.25) is 0 Å². The number of hydrogen-bond donors (Lipinski definition) is 2. The Labute approximate surface area is 603 Å². The van der Waals surface area contributed by atoms with Gasteiger partial charge in [-0.15, -0.1) is 0 Å². The molecule has 2 aliphatic heterocycles. The third-order valence-electron chi connectivity index (χ3n) is 21.0. The Morgan fingerprint density at radius 1 is 0.221 bits per heavy atom. The first-order valence-corrected chi connectivity index (χ1v) is 35.2. The lowest BCUT2D eigenvalue weighted by Gasteiger charge is -2.26. The van der Waals surface area contributed by atoms with Crippen molar-refractivity contribution in [1.82, 2.24) is 39.9 Å². The van der Waals surface area contributed by atoms with Crippen molar-refractivity contribution in [3.63, 3.8) is 0 Å². The molecule has 0 atom stereocenters. The summed E-state index contributed by atoms with van der Waals surface area (Å²) in [5.74, 6) is 6.18. The van der Waals surface area contributed by atoms with E-state index in [9.17, 15) is 0 Å². The molecule has 0 saturated carbocycles. The zero-order chi connectivity index (χ0) is 70.9. The van der Waals surface area contributed by atoms with Crippen molar-refractivity contribution in [1.29, 1.82) is 0 Å². The lowest BCUT2D eigenvalue weighted by atomic mass is 9.78. The molecule has 2 N–H and O–H groups in total. The molecule has 3 aromatic heterocycles. The lowest BCUT2D eigenvalue weighted by molar-refractivity contribution is 0.483. The summed E-state index contributed by atoms with van der Waals surface area (Å²) in [4.78, 5) is 40.4. The molecule has 5 heterocycles. The zero-order valence-electron chi connectivity index (χ0n) is 59.0. The Balaban J connectivity index is 0.874. The second-order valence-corrected chi connectivity index (χ2v) is 28.8. The quantitative estimate of drug-likeness (QED) is 0.0959. The molecule has 104 heavy (non-hydrogen) atoms. The van der Waals surface area contributed by atoms with E-state index >= 15 is 0 Å². The third-order valence-corrected chi connectivity index (χ3v) is 21.0. The summed E-state index contributed by atoms with van der Waals surface area (Å²) < 4.78 is 28.1. The second-order valence-electron chi connectivity index (χ2n) is 28.8. The maximum Gasteiger partial charge on any atom is 0.168 e. The van der Waals surface area contributed by atoms with Crippen molar-refractivity contribution in [2.45, 2.75) is 77.0 Å². The van der Waals surface area contributed by atoms with Crippen molar-refractivity contribution < 1.29 is 18.9 Å². The molecule has 0 radical (unpaired) electrons. The number of nitrogens with one attached hydrogen (secondary N) is 2. The number of nitrogens with zero attached hydrogens (tertiary/aromatic N) is 6. The predicted molar refractivity (Wildman–Crippen MR) is 416 cm³/mol. The van der Waals surface area contributed by atoms with Gasteiger partial charge in [-0.25, -0.2) is 29.9 Å². The van der Waals surface area contributed by atoms with E-state index in [1.165, 1.54) is 22.3 Å². The Kier molecular flexibility index (Phi) is 15.9. The van der Waals surface area contributed by atoms with Gasteiger partial charge in [0.15, 0.2) is 23.3 Å². The maximum absolute atomic E-state index is 7.04. The molecular formula is C92H74N8O4. The fraction of sp³-hybridized carbons (Fsp3) is 0.130. The van der Waals surface area contributed by atoms with E-state index in [4.69, 9.17) is 48.9 Å². The molecule has 15 aromatic rings. The van der Waals surface area contributed by atoms with Gasteiger partial charge in [0.05, 0.1) is 21.9 Å². The van der Waals surface area contributed by atoms with Gasteiger partial charge in [-0.05, 0) is 117 Å². The van der Waals surface area contributed by atoms with Crippen LogP contribution in [0.1, 0.15) is 99.9 Å². The van der Waals surface area contributed by atoms with Crippen LogP contribution >= 0.6 is 0 Å².